The van der Waals surface area contributed by atoms with Crippen LogP contribution in [0.5, 0.6) is 11.5 Å². The first-order chi connectivity index (χ1) is 12.1. The monoisotopic (exact) mass is 364 g/mol. The van der Waals surface area contributed by atoms with Crippen molar-refractivity contribution >= 4 is 11.6 Å². The van der Waals surface area contributed by atoms with Crippen molar-refractivity contribution in [2.24, 2.45) is 0 Å². The van der Waals surface area contributed by atoms with Crippen LogP contribution in [-0.4, -0.2) is 20.8 Å². The summed E-state index contributed by atoms with van der Waals surface area (Å²) in [5.74, 6) is 1.19. The Bertz CT molecular complexity index is 718. The first kappa shape index (κ1) is 18.0. The van der Waals surface area contributed by atoms with Crippen molar-refractivity contribution < 1.29 is 18.6 Å². The number of hydrogen-bond acceptors (Lipinski definition) is 3. The second kappa shape index (κ2) is 8.07. The maximum absolute atomic E-state index is 13.0. The summed E-state index contributed by atoms with van der Waals surface area (Å²) in [6.07, 6.45) is 2.36. The van der Waals surface area contributed by atoms with Gasteiger partial charge in [0.25, 0.3) is 0 Å². The summed E-state index contributed by atoms with van der Waals surface area (Å²) >= 11 is 6.49. The lowest BCUT2D eigenvalue weighted by molar-refractivity contribution is 0.0348. The van der Waals surface area contributed by atoms with Crippen LogP contribution in [0.25, 0.3) is 0 Å². The first-order valence-corrected chi connectivity index (χ1v) is 8.82. The summed E-state index contributed by atoms with van der Waals surface area (Å²) in [7, 11) is 3.27. The summed E-state index contributed by atoms with van der Waals surface area (Å²) in [6.45, 7) is 0.677. The molecule has 0 aromatic heterocycles. The van der Waals surface area contributed by atoms with Crippen LogP contribution in [0.15, 0.2) is 36.4 Å². The van der Waals surface area contributed by atoms with Crippen LogP contribution in [-0.2, 0) is 11.2 Å². The Kier molecular flexibility index (Phi) is 5.82. The highest BCUT2D eigenvalue weighted by atomic mass is 35.5. The minimum absolute atomic E-state index is 0.0229. The van der Waals surface area contributed by atoms with Gasteiger partial charge >= 0.3 is 0 Å². The quantitative estimate of drug-likeness (QED) is 0.658. The third kappa shape index (κ3) is 4.07. The predicted molar refractivity (Wildman–Crippen MR) is 96.2 cm³/mol. The number of ether oxygens (including phenoxy) is 3. The molecule has 0 bridgehead atoms. The number of rotatable bonds is 6. The molecule has 2 unspecified atom stereocenters. The van der Waals surface area contributed by atoms with Crippen molar-refractivity contribution in [3.63, 3.8) is 0 Å². The number of hydrogen-bond donors (Lipinski definition) is 0. The molecular weight excluding hydrogens is 343 g/mol. The molecule has 0 spiro atoms. The lowest BCUT2D eigenvalue weighted by Crippen LogP contribution is -2.17. The van der Waals surface area contributed by atoms with Crippen LogP contribution in [0.1, 0.15) is 41.0 Å². The van der Waals surface area contributed by atoms with Crippen LogP contribution >= 0.6 is 11.6 Å². The molecular formula is C20H22ClFO3. The zero-order valence-corrected chi connectivity index (χ0v) is 15.2. The van der Waals surface area contributed by atoms with Gasteiger partial charge in [-0.3, -0.25) is 0 Å². The second-order valence-corrected chi connectivity index (χ2v) is 6.64. The van der Waals surface area contributed by atoms with Crippen molar-refractivity contribution in [2.45, 2.75) is 30.7 Å². The van der Waals surface area contributed by atoms with Gasteiger partial charge in [0.05, 0.1) is 32.3 Å². The lowest BCUT2D eigenvalue weighted by atomic mass is 9.93. The maximum Gasteiger partial charge on any atom is 0.161 e. The van der Waals surface area contributed by atoms with E-state index in [1.54, 1.807) is 26.4 Å². The minimum Gasteiger partial charge on any atom is -0.493 e. The summed E-state index contributed by atoms with van der Waals surface area (Å²) in [5.41, 5.74) is 3.28. The average molecular weight is 365 g/mol. The Morgan fingerprint density at radius 1 is 1.16 bits per heavy atom. The van der Waals surface area contributed by atoms with Gasteiger partial charge in [-0.15, -0.1) is 11.6 Å². The molecule has 0 fully saturated rings. The summed E-state index contributed by atoms with van der Waals surface area (Å²) in [5, 5.41) is -0.172. The van der Waals surface area contributed by atoms with Gasteiger partial charge < -0.3 is 14.2 Å². The third-order valence-corrected chi connectivity index (χ3v) is 5.07. The molecule has 2 aromatic rings. The molecule has 2 atom stereocenters. The molecule has 134 valence electrons. The fourth-order valence-corrected chi connectivity index (χ4v) is 3.50. The second-order valence-electron chi connectivity index (χ2n) is 6.11. The van der Waals surface area contributed by atoms with Gasteiger partial charge in [0, 0.05) is 0 Å². The highest BCUT2D eigenvalue weighted by Crippen LogP contribution is 2.40. The Morgan fingerprint density at radius 2 is 1.84 bits per heavy atom. The third-order valence-electron chi connectivity index (χ3n) is 4.60. The van der Waals surface area contributed by atoms with E-state index < -0.39 is 0 Å². The summed E-state index contributed by atoms with van der Waals surface area (Å²) in [6, 6.07) is 10.4. The van der Waals surface area contributed by atoms with Gasteiger partial charge in [-0.2, -0.15) is 0 Å². The minimum atomic E-state index is -0.252. The van der Waals surface area contributed by atoms with Crippen LogP contribution in [0.3, 0.4) is 0 Å². The van der Waals surface area contributed by atoms with Gasteiger partial charge in [0.15, 0.2) is 11.5 Å². The van der Waals surface area contributed by atoms with E-state index in [0.717, 1.165) is 36.1 Å². The fraction of sp³-hybridized carbons (Fsp3) is 0.400. The maximum atomic E-state index is 13.0. The Morgan fingerprint density at radius 3 is 2.52 bits per heavy atom. The lowest BCUT2D eigenvalue weighted by Gasteiger charge is -2.28. The number of benzene rings is 2. The molecule has 5 heteroatoms. The molecule has 0 radical (unpaired) electrons. The van der Waals surface area contributed by atoms with Crippen LogP contribution in [0.4, 0.5) is 4.39 Å². The molecule has 0 saturated heterocycles. The van der Waals surface area contributed by atoms with Crippen LogP contribution in [0, 0.1) is 5.82 Å². The summed E-state index contributed by atoms with van der Waals surface area (Å²) in [4.78, 5) is 0. The van der Waals surface area contributed by atoms with Gasteiger partial charge in [0.2, 0.25) is 0 Å². The highest BCUT2D eigenvalue weighted by molar-refractivity contribution is 6.20. The molecule has 2 aromatic carbocycles. The smallest absolute Gasteiger partial charge is 0.161 e. The number of methoxy groups -OCH3 is 2. The molecule has 0 aliphatic carbocycles. The highest BCUT2D eigenvalue weighted by Gasteiger charge is 2.24. The van der Waals surface area contributed by atoms with E-state index in [4.69, 9.17) is 25.8 Å². The van der Waals surface area contributed by atoms with E-state index in [1.807, 2.05) is 12.1 Å². The van der Waals surface area contributed by atoms with Crippen LogP contribution in [0.2, 0.25) is 0 Å². The van der Waals surface area contributed by atoms with Crippen molar-refractivity contribution in [1.29, 1.82) is 0 Å². The van der Waals surface area contributed by atoms with Crippen molar-refractivity contribution in [3.05, 3.63) is 58.9 Å². The van der Waals surface area contributed by atoms with Gasteiger partial charge in [0.1, 0.15) is 5.82 Å². The molecule has 1 aliphatic rings. The Balaban J connectivity index is 1.73. The number of alkyl halides is 1. The van der Waals surface area contributed by atoms with E-state index in [2.05, 4.69) is 0 Å². The molecule has 1 heterocycles. The molecule has 0 N–H and O–H groups in total. The Hall–Kier alpha value is -1.78. The average Bonchev–Trinajstić information content (AvgIpc) is 2.65. The summed E-state index contributed by atoms with van der Waals surface area (Å²) < 4.78 is 29.8. The normalized spacial score (nSPS) is 17.7. The standard InChI is InChI=1S/C20H22ClFO3/c1-23-19-11-14-9-10-25-18(16(14)12-20(19)24-2)8-7-17(21)13-3-5-15(22)6-4-13/h3-6,11-12,17-18H,7-10H2,1-2H3. The SMILES string of the molecule is COc1cc2c(cc1OC)C(CCC(Cl)c1ccc(F)cc1)OCC2. The Labute approximate surface area is 152 Å². The largest absolute Gasteiger partial charge is 0.493 e. The van der Waals surface area contributed by atoms with Gasteiger partial charge in [-0.05, 0) is 60.2 Å². The molecule has 3 nitrogen and oxygen atoms in total. The molecule has 0 saturated carbocycles. The molecule has 1 aliphatic heterocycles. The molecule has 25 heavy (non-hydrogen) atoms. The molecule has 3 rings (SSSR count). The van der Waals surface area contributed by atoms with E-state index in [9.17, 15) is 4.39 Å². The first-order valence-electron chi connectivity index (χ1n) is 8.38. The van der Waals surface area contributed by atoms with E-state index in [1.165, 1.54) is 17.7 Å². The zero-order valence-electron chi connectivity index (χ0n) is 14.4. The topological polar surface area (TPSA) is 27.7 Å². The zero-order chi connectivity index (χ0) is 17.8. The fourth-order valence-electron chi connectivity index (χ4n) is 3.23. The van der Waals surface area contributed by atoms with Crippen molar-refractivity contribution in [2.75, 3.05) is 20.8 Å². The van der Waals surface area contributed by atoms with Crippen molar-refractivity contribution in [3.8, 4) is 11.5 Å². The van der Waals surface area contributed by atoms with E-state index >= 15 is 0 Å². The van der Waals surface area contributed by atoms with E-state index in [-0.39, 0.29) is 17.3 Å². The number of fused-ring (bicyclic) bond motifs is 1. The van der Waals surface area contributed by atoms with Crippen LogP contribution < -0.4 is 9.47 Å². The van der Waals surface area contributed by atoms with Gasteiger partial charge in [-0.25, -0.2) is 4.39 Å². The number of halogens is 2. The molecule has 0 amide bonds. The van der Waals surface area contributed by atoms with Crippen molar-refractivity contribution in [1.82, 2.24) is 0 Å². The predicted octanol–water partition coefficient (Wildman–Crippen LogP) is 5.22. The van der Waals surface area contributed by atoms with Gasteiger partial charge in [-0.1, -0.05) is 12.1 Å². The van der Waals surface area contributed by atoms with E-state index in [0.29, 0.717) is 12.4 Å².